The molecule has 1 aliphatic carbocycles. The smallest absolute Gasteiger partial charge is 0.303 e. The average molecular weight is 574 g/mol. The van der Waals surface area contributed by atoms with Crippen molar-refractivity contribution in [2.75, 3.05) is 11.9 Å². The highest BCUT2D eigenvalue weighted by Crippen LogP contribution is 2.39. The third-order valence-electron chi connectivity index (χ3n) is 7.59. The molecule has 0 bridgehead atoms. The standard InChI is InChI=1S/C32H32ClN3O5/c33-26-16-12-21(13-17-29(38)39)18-27(26)34-31(40)30(23-6-4-5-7-23)24-14-10-22(11-15-24)19-36-28(37)20-41-32(35-36)25-8-2-1-3-9-25/h1-3,8-12,14-16,18,23,30H,4-7,13,17,19-20H2,(H,34,40)(H,38,39). The third kappa shape index (κ3) is 7.13. The van der Waals surface area contributed by atoms with Gasteiger partial charge in [0.15, 0.2) is 6.61 Å². The predicted octanol–water partition coefficient (Wildman–Crippen LogP) is 5.99. The van der Waals surface area contributed by atoms with Crippen LogP contribution in [0.4, 0.5) is 5.69 Å². The molecule has 212 valence electrons. The molecular weight excluding hydrogens is 542 g/mol. The van der Waals surface area contributed by atoms with E-state index in [4.69, 9.17) is 21.4 Å². The Hall–Kier alpha value is -4.17. The summed E-state index contributed by atoms with van der Waals surface area (Å²) in [5.41, 5.74) is 3.87. The lowest BCUT2D eigenvalue weighted by atomic mass is 9.83. The van der Waals surface area contributed by atoms with Crippen molar-refractivity contribution in [1.82, 2.24) is 5.01 Å². The number of benzene rings is 3. The van der Waals surface area contributed by atoms with Crippen molar-refractivity contribution in [3.63, 3.8) is 0 Å². The van der Waals surface area contributed by atoms with Crippen LogP contribution in [-0.4, -0.2) is 40.4 Å². The SMILES string of the molecule is O=C(O)CCc1ccc(Cl)c(NC(=O)C(c2ccc(CN3N=C(c4ccccc4)OCC3=O)cc2)C2CCCC2)c1. The normalized spacial score (nSPS) is 16.2. The number of carbonyl (C=O) groups excluding carboxylic acids is 2. The molecule has 1 atom stereocenters. The summed E-state index contributed by atoms with van der Waals surface area (Å²) in [5.74, 6) is -0.990. The van der Waals surface area contributed by atoms with Crippen molar-refractivity contribution in [3.8, 4) is 0 Å². The summed E-state index contributed by atoms with van der Waals surface area (Å²) in [7, 11) is 0. The Balaban J connectivity index is 1.33. The number of anilines is 1. The van der Waals surface area contributed by atoms with E-state index < -0.39 is 5.97 Å². The molecule has 8 nitrogen and oxygen atoms in total. The Morgan fingerprint density at radius 3 is 2.44 bits per heavy atom. The number of carboxylic acid groups (broad SMARTS) is 1. The Morgan fingerprint density at radius 1 is 1.02 bits per heavy atom. The number of aryl methyl sites for hydroxylation is 1. The molecule has 0 radical (unpaired) electrons. The largest absolute Gasteiger partial charge is 0.481 e. The van der Waals surface area contributed by atoms with Gasteiger partial charge in [0, 0.05) is 12.0 Å². The van der Waals surface area contributed by atoms with Crippen molar-refractivity contribution in [2.24, 2.45) is 11.0 Å². The Morgan fingerprint density at radius 2 is 1.73 bits per heavy atom. The lowest BCUT2D eigenvalue weighted by Gasteiger charge is -2.25. The first-order valence-corrected chi connectivity index (χ1v) is 14.2. The zero-order valence-electron chi connectivity index (χ0n) is 22.6. The number of ether oxygens (including phenoxy) is 1. The maximum Gasteiger partial charge on any atom is 0.303 e. The van der Waals surface area contributed by atoms with Gasteiger partial charge in [-0.3, -0.25) is 14.4 Å². The molecule has 0 saturated heterocycles. The number of amides is 2. The van der Waals surface area contributed by atoms with Gasteiger partial charge >= 0.3 is 5.97 Å². The number of nitrogens with one attached hydrogen (secondary N) is 1. The van der Waals surface area contributed by atoms with Crippen molar-refractivity contribution in [2.45, 2.75) is 51.0 Å². The van der Waals surface area contributed by atoms with Crippen molar-refractivity contribution in [1.29, 1.82) is 0 Å². The number of rotatable bonds is 10. The maximum absolute atomic E-state index is 13.7. The van der Waals surface area contributed by atoms with Gasteiger partial charge in [0.1, 0.15) is 0 Å². The monoisotopic (exact) mass is 573 g/mol. The summed E-state index contributed by atoms with van der Waals surface area (Å²) in [6, 6.07) is 22.5. The van der Waals surface area contributed by atoms with E-state index in [2.05, 4.69) is 10.4 Å². The van der Waals surface area contributed by atoms with Gasteiger partial charge in [-0.1, -0.05) is 73.0 Å². The summed E-state index contributed by atoms with van der Waals surface area (Å²) >= 11 is 6.41. The number of aliphatic carboxylic acids is 1. The molecule has 0 spiro atoms. The Labute approximate surface area is 244 Å². The van der Waals surface area contributed by atoms with E-state index in [0.29, 0.717) is 23.0 Å². The number of hydrogen-bond donors (Lipinski definition) is 2. The van der Waals surface area contributed by atoms with Crippen molar-refractivity contribution < 1.29 is 24.2 Å². The minimum atomic E-state index is -0.878. The second-order valence-corrected chi connectivity index (χ2v) is 10.9. The van der Waals surface area contributed by atoms with Gasteiger partial charge in [0.25, 0.3) is 5.91 Å². The van der Waals surface area contributed by atoms with Crippen LogP contribution in [0.1, 0.15) is 60.3 Å². The summed E-state index contributed by atoms with van der Waals surface area (Å²) in [5, 5.41) is 18.3. The molecule has 1 aliphatic heterocycles. The minimum absolute atomic E-state index is 0.000988. The fraction of sp³-hybridized carbons (Fsp3) is 0.312. The molecule has 9 heteroatoms. The van der Waals surface area contributed by atoms with Gasteiger partial charge in [0.2, 0.25) is 11.8 Å². The molecular formula is C32H32ClN3O5. The van der Waals surface area contributed by atoms with Crippen LogP contribution in [0.25, 0.3) is 0 Å². The van der Waals surface area contributed by atoms with Crippen LogP contribution in [0.15, 0.2) is 77.9 Å². The number of hydrogen-bond acceptors (Lipinski definition) is 5. The number of carbonyl (C=O) groups is 3. The van der Waals surface area contributed by atoms with Gasteiger partial charge in [-0.15, -0.1) is 5.10 Å². The van der Waals surface area contributed by atoms with E-state index in [-0.39, 0.29) is 43.2 Å². The first-order valence-electron chi connectivity index (χ1n) is 13.8. The van der Waals surface area contributed by atoms with Crippen LogP contribution in [0.5, 0.6) is 0 Å². The first kappa shape index (κ1) is 28.4. The van der Waals surface area contributed by atoms with Gasteiger partial charge < -0.3 is 15.2 Å². The van der Waals surface area contributed by atoms with Gasteiger partial charge in [-0.2, -0.15) is 0 Å². The van der Waals surface area contributed by atoms with Crippen LogP contribution >= 0.6 is 11.6 Å². The molecule has 2 aliphatic rings. The maximum atomic E-state index is 13.7. The molecule has 0 aromatic heterocycles. The molecule has 5 rings (SSSR count). The molecule has 1 saturated carbocycles. The summed E-state index contributed by atoms with van der Waals surface area (Å²) in [4.78, 5) is 37.2. The zero-order chi connectivity index (χ0) is 28.8. The fourth-order valence-electron chi connectivity index (χ4n) is 5.46. The minimum Gasteiger partial charge on any atom is -0.481 e. The fourth-order valence-corrected chi connectivity index (χ4v) is 5.63. The van der Waals surface area contributed by atoms with E-state index in [9.17, 15) is 14.4 Å². The van der Waals surface area contributed by atoms with E-state index in [1.807, 2.05) is 54.6 Å². The molecule has 2 N–H and O–H groups in total. The van der Waals surface area contributed by atoms with Gasteiger partial charge in [-0.05, 0) is 66.1 Å². The topological polar surface area (TPSA) is 108 Å². The highest BCUT2D eigenvalue weighted by Gasteiger charge is 2.32. The zero-order valence-corrected chi connectivity index (χ0v) is 23.3. The third-order valence-corrected chi connectivity index (χ3v) is 7.92. The Kier molecular flexibility index (Phi) is 8.99. The van der Waals surface area contributed by atoms with Crippen LogP contribution in [0.3, 0.4) is 0 Å². The lowest BCUT2D eigenvalue weighted by molar-refractivity contribution is -0.137. The van der Waals surface area contributed by atoms with Crippen LogP contribution < -0.4 is 5.32 Å². The highest BCUT2D eigenvalue weighted by atomic mass is 35.5. The number of carboxylic acids is 1. The van der Waals surface area contributed by atoms with Crippen LogP contribution in [-0.2, 0) is 32.1 Å². The van der Waals surface area contributed by atoms with E-state index in [1.54, 1.807) is 18.2 Å². The molecule has 3 aromatic carbocycles. The number of nitrogens with zero attached hydrogens (tertiary/aromatic N) is 2. The predicted molar refractivity (Wildman–Crippen MR) is 157 cm³/mol. The van der Waals surface area contributed by atoms with E-state index in [1.165, 1.54) is 5.01 Å². The molecule has 1 unspecified atom stereocenters. The second-order valence-electron chi connectivity index (χ2n) is 10.5. The first-order chi connectivity index (χ1) is 19.9. The average Bonchev–Trinajstić information content (AvgIpc) is 3.50. The Bertz CT molecular complexity index is 1440. The molecule has 1 fully saturated rings. The van der Waals surface area contributed by atoms with Gasteiger partial charge in [-0.25, -0.2) is 5.01 Å². The van der Waals surface area contributed by atoms with Crippen molar-refractivity contribution in [3.05, 3.63) is 100 Å². The molecule has 1 heterocycles. The highest BCUT2D eigenvalue weighted by molar-refractivity contribution is 6.33. The quantitative estimate of drug-likeness (QED) is 0.310. The van der Waals surface area contributed by atoms with E-state index >= 15 is 0 Å². The summed E-state index contributed by atoms with van der Waals surface area (Å²) < 4.78 is 5.55. The van der Waals surface area contributed by atoms with Crippen LogP contribution in [0, 0.1) is 5.92 Å². The lowest BCUT2D eigenvalue weighted by Crippen LogP contribution is -2.36. The molecule has 3 aromatic rings. The van der Waals surface area contributed by atoms with Gasteiger partial charge in [0.05, 0.1) is 23.2 Å². The molecule has 41 heavy (non-hydrogen) atoms. The van der Waals surface area contributed by atoms with Crippen LogP contribution in [0.2, 0.25) is 5.02 Å². The summed E-state index contributed by atoms with van der Waals surface area (Å²) in [6.07, 6.45) is 4.45. The summed E-state index contributed by atoms with van der Waals surface area (Å²) in [6.45, 7) is 0.216. The van der Waals surface area contributed by atoms with Crippen molar-refractivity contribution >= 4 is 41.0 Å². The number of halogens is 1. The number of hydrazone groups is 1. The second kappa shape index (κ2) is 13.0. The van der Waals surface area contributed by atoms with E-state index in [0.717, 1.165) is 47.9 Å². The molecule has 2 amide bonds.